The summed E-state index contributed by atoms with van der Waals surface area (Å²) in [5.74, 6) is 0.534. The molecular weight excluding hydrogens is 612 g/mol. The first-order valence-corrected chi connectivity index (χ1v) is 16.7. The topological polar surface area (TPSA) is 187 Å². The summed E-state index contributed by atoms with van der Waals surface area (Å²) in [6.45, 7) is 12.8. The number of hydrogen-bond acceptors (Lipinski definition) is 9. The molecule has 4 aliphatic heterocycles. The molecule has 2 aliphatic carbocycles. The Morgan fingerprint density at radius 2 is 1.28 bits per heavy atom. The third-order valence-corrected chi connectivity index (χ3v) is 9.25. The number of imide groups is 2. The van der Waals surface area contributed by atoms with E-state index in [-0.39, 0.29) is 30.9 Å². The molecule has 264 valence electrons. The molecule has 0 aromatic rings. The number of aliphatic hydroxyl groups excluding tert-OH is 1. The largest absolute Gasteiger partial charge is 0.444 e. The van der Waals surface area contributed by atoms with Gasteiger partial charge in [-0.2, -0.15) is 0 Å². The first-order valence-electron chi connectivity index (χ1n) is 16.7. The number of ether oxygens (including phenoxy) is 2. The molecule has 15 nitrogen and oxygen atoms in total. The quantitative estimate of drug-likeness (QED) is 0.329. The van der Waals surface area contributed by atoms with Gasteiger partial charge in [0.25, 0.3) is 11.8 Å². The fourth-order valence-electron chi connectivity index (χ4n) is 6.13. The number of aliphatic hydroxyl groups is 1. The van der Waals surface area contributed by atoms with Gasteiger partial charge in [-0.15, -0.1) is 0 Å². The van der Waals surface area contributed by atoms with Crippen molar-refractivity contribution in [2.24, 2.45) is 11.8 Å². The lowest BCUT2D eigenvalue weighted by Crippen LogP contribution is -2.50. The van der Waals surface area contributed by atoms with E-state index in [1.165, 1.54) is 40.4 Å². The first-order chi connectivity index (χ1) is 21.9. The van der Waals surface area contributed by atoms with Gasteiger partial charge < -0.3 is 35.0 Å². The molecule has 2 atom stereocenters. The zero-order valence-electron chi connectivity index (χ0n) is 28.6. The molecule has 15 heteroatoms. The van der Waals surface area contributed by atoms with E-state index in [1.807, 2.05) is 0 Å². The van der Waals surface area contributed by atoms with Gasteiger partial charge >= 0.3 is 24.2 Å². The molecule has 6 fully saturated rings. The molecule has 0 bridgehead atoms. The van der Waals surface area contributed by atoms with Gasteiger partial charge in [-0.3, -0.25) is 19.8 Å². The minimum atomic E-state index is -0.978. The van der Waals surface area contributed by atoms with Crippen LogP contribution in [0.15, 0.2) is 0 Å². The van der Waals surface area contributed by atoms with Gasteiger partial charge in [-0.05, 0) is 91.9 Å². The average Bonchev–Trinajstić information content (AvgIpc) is 3.63. The molecule has 4 heterocycles. The Hall–Kier alpha value is -3.62. The number of carbonyl (C=O) groups excluding carboxylic acids is 6. The number of nitrogens with zero attached hydrogens (tertiary/aromatic N) is 3. The Bertz CT molecular complexity index is 1240. The van der Waals surface area contributed by atoms with Crippen LogP contribution in [0.3, 0.4) is 0 Å². The minimum Gasteiger partial charge on any atom is -0.444 e. The van der Waals surface area contributed by atoms with Crippen LogP contribution in [-0.4, -0.2) is 117 Å². The Morgan fingerprint density at radius 3 is 1.66 bits per heavy atom. The average molecular weight is 665 g/mol. The van der Waals surface area contributed by atoms with E-state index in [2.05, 4.69) is 16.0 Å². The van der Waals surface area contributed by atoms with Gasteiger partial charge in [-0.1, -0.05) is 12.8 Å². The van der Waals surface area contributed by atoms with Gasteiger partial charge in [0.05, 0.1) is 13.1 Å². The van der Waals surface area contributed by atoms with E-state index in [0.717, 1.165) is 12.8 Å². The second-order valence-corrected chi connectivity index (χ2v) is 15.5. The Labute approximate surface area is 276 Å². The van der Waals surface area contributed by atoms with Crippen LogP contribution in [0.1, 0.15) is 92.9 Å². The number of likely N-dealkylation sites (tertiary alicyclic amines) is 2. The van der Waals surface area contributed by atoms with Crippen LogP contribution in [0.25, 0.3) is 0 Å². The third kappa shape index (κ3) is 8.85. The van der Waals surface area contributed by atoms with E-state index in [4.69, 9.17) is 14.6 Å². The number of rotatable bonds is 3. The van der Waals surface area contributed by atoms with Crippen LogP contribution in [0.2, 0.25) is 0 Å². The molecule has 47 heavy (non-hydrogen) atoms. The third-order valence-electron chi connectivity index (χ3n) is 9.25. The number of urea groups is 2. The van der Waals surface area contributed by atoms with E-state index < -0.39 is 40.5 Å². The van der Waals surface area contributed by atoms with E-state index >= 15 is 0 Å². The minimum absolute atomic E-state index is 0.152. The zero-order chi connectivity index (χ0) is 34.8. The molecule has 4 saturated heterocycles. The van der Waals surface area contributed by atoms with Crippen LogP contribution in [0.4, 0.5) is 19.2 Å². The molecule has 0 radical (unpaired) electrons. The lowest BCUT2D eigenvalue weighted by atomic mass is 9.85. The van der Waals surface area contributed by atoms with Gasteiger partial charge in [-0.25, -0.2) is 19.2 Å². The fraction of sp³-hybridized carbons (Fsp3) is 0.812. The van der Waals surface area contributed by atoms with Crippen molar-refractivity contribution in [2.45, 2.75) is 115 Å². The first kappa shape index (κ1) is 36.2. The fourth-order valence-corrected chi connectivity index (χ4v) is 6.13. The smallest absolute Gasteiger partial charge is 0.410 e. The van der Waals surface area contributed by atoms with Crippen molar-refractivity contribution in [3.05, 3.63) is 0 Å². The summed E-state index contributed by atoms with van der Waals surface area (Å²) in [7, 11) is 0. The van der Waals surface area contributed by atoms with Crippen molar-refractivity contribution in [2.75, 3.05) is 39.3 Å². The maximum absolute atomic E-state index is 12.7. The Morgan fingerprint density at radius 1 is 0.787 bits per heavy atom. The summed E-state index contributed by atoms with van der Waals surface area (Å²) in [4.78, 5) is 76.1. The monoisotopic (exact) mass is 664 g/mol. The van der Waals surface area contributed by atoms with Crippen molar-refractivity contribution < 1.29 is 43.3 Å². The van der Waals surface area contributed by atoms with Crippen molar-refractivity contribution in [1.29, 1.82) is 0 Å². The van der Waals surface area contributed by atoms with E-state index in [9.17, 15) is 28.8 Å². The normalized spacial score (nSPS) is 27.3. The van der Waals surface area contributed by atoms with Crippen molar-refractivity contribution >= 4 is 36.1 Å². The molecule has 2 saturated carbocycles. The molecule has 4 N–H and O–H groups in total. The van der Waals surface area contributed by atoms with Gasteiger partial charge in [0.15, 0.2) is 0 Å². The highest BCUT2D eigenvalue weighted by Crippen LogP contribution is 2.33. The molecule has 6 rings (SSSR count). The van der Waals surface area contributed by atoms with Crippen molar-refractivity contribution in [1.82, 2.24) is 30.7 Å². The molecule has 2 spiro atoms. The van der Waals surface area contributed by atoms with Gasteiger partial charge in [0.2, 0.25) is 0 Å². The highest BCUT2D eigenvalue weighted by Gasteiger charge is 2.56. The Balaban J connectivity index is 0.000000184. The maximum atomic E-state index is 12.7. The summed E-state index contributed by atoms with van der Waals surface area (Å²) >= 11 is 0. The lowest BCUT2D eigenvalue weighted by molar-refractivity contribution is -0.131. The summed E-state index contributed by atoms with van der Waals surface area (Å²) < 4.78 is 10.6. The maximum Gasteiger partial charge on any atom is 0.410 e. The van der Waals surface area contributed by atoms with Gasteiger partial charge in [0.1, 0.15) is 22.3 Å². The molecule has 0 aromatic carbocycles. The molecule has 0 aromatic heterocycles. The summed E-state index contributed by atoms with van der Waals surface area (Å²) in [5, 5.41) is 16.0. The number of hydrogen-bond donors (Lipinski definition) is 4. The van der Waals surface area contributed by atoms with Crippen LogP contribution in [0, 0.1) is 11.8 Å². The van der Waals surface area contributed by atoms with Crippen LogP contribution >= 0.6 is 0 Å². The van der Waals surface area contributed by atoms with Crippen LogP contribution < -0.4 is 16.0 Å². The van der Waals surface area contributed by atoms with E-state index in [1.54, 1.807) is 41.5 Å². The Kier molecular flexibility index (Phi) is 10.7. The zero-order valence-corrected chi connectivity index (χ0v) is 28.6. The standard InChI is InChI=1S/C16H25N3O4.C11H17N3O4.C5H10O/c1-15(2,3)23-14(22)18-8-7-16(10-18)12(20)19(13(21)17-16)9-11-5-4-6-11;1-10(2,3)18-9(17)14-5-4-11(6-14)7(15)12-8(16)13-11;6-4-5-2-1-3-5/h11H,4-10H2,1-3H3,(H,17,21);4-6H2,1-3H3,(H2,12,13,15,16);5-6H,1-4H2. The predicted octanol–water partition coefficient (Wildman–Crippen LogP) is 2.70. The molecular formula is C32H52N6O9. The molecule has 2 unspecified atom stereocenters. The lowest BCUT2D eigenvalue weighted by Gasteiger charge is -2.29. The highest BCUT2D eigenvalue weighted by molar-refractivity contribution is 6.08. The van der Waals surface area contributed by atoms with Gasteiger partial charge in [0, 0.05) is 26.2 Å². The summed E-state index contributed by atoms with van der Waals surface area (Å²) in [6, 6.07) is -0.834. The summed E-state index contributed by atoms with van der Waals surface area (Å²) in [6.07, 6.45) is 7.14. The number of carbonyl (C=O) groups is 6. The number of amides is 8. The SMILES string of the molecule is CC(C)(C)OC(=O)N1CCC2(C1)NC(=O)N(CC1CCC1)C2=O.CC(C)(C)OC(=O)N1CCC2(C1)NC(=O)NC2=O.OCC1CCC1. The number of nitrogens with one attached hydrogen (secondary N) is 3. The second-order valence-electron chi connectivity index (χ2n) is 15.5. The van der Waals surface area contributed by atoms with Crippen molar-refractivity contribution in [3.63, 3.8) is 0 Å². The molecule has 8 amide bonds. The van der Waals surface area contributed by atoms with Crippen molar-refractivity contribution in [3.8, 4) is 0 Å². The predicted molar refractivity (Wildman–Crippen MR) is 169 cm³/mol. The molecule has 6 aliphatic rings. The summed E-state index contributed by atoms with van der Waals surface area (Å²) in [5.41, 5.74) is -3.09. The van der Waals surface area contributed by atoms with Crippen LogP contribution in [-0.2, 0) is 19.1 Å². The second kappa shape index (κ2) is 13.9. The highest BCUT2D eigenvalue weighted by atomic mass is 16.6. The van der Waals surface area contributed by atoms with Crippen LogP contribution in [0.5, 0.6) is 0 Å². The van der Waals surface area contributed by atoms with E-state index in [0.29, 0.717) is 50.9 Å².